The molecule has 1 rings (SSSR count). The third-order valence-corrected chi connectivity index (χ3v) is 6.83. The van der Waals surface area contributed by atoms with Crippen LogP contribution in [0, 0.1) is 5.92 Å². The predicted octanol–water partition coefficient (Wildman–Crippen LogP) is 1.35. The smallest absolute Gasteiger partial charge is 0.326 e. The Hall–Kier alpha value is -2.44. The molecule has 10 nitrogen and oxygen atoms in total. The molecule has 1 aromatic carbocycles. The molecule has 1 aromatic rings. The van der Waals surface area contributed by atoms with Gasteiger partial charge in [-0.3, -0.25) is 14.4 Å². The maximum atomic E-state index is 13.1. The van der Waals surface area contributed by atoms with E-state index in [2.05, 4.69) is 16.0 Å². The van der Waals surface area contributed by atoms with Crippen LogP contribution in [0.2, 0.25) is 0 Å². The maximum absolute atomic E-state index is 13.1. The maximum Gasteiger partial charge on any atom is 0.326 e. The summed E-state index contributed by atoms with van der Waals surface area (Å²) in [5.41, 5.74) is 6.60. The third kappa shape index (κ3) is 12.6. The molecule has 37 heavy (non-hydrogen) atoms. The van der Waals surface area contributed by atoms with E-state index in [9.17, 15) is 29.4 Å². The highest BCUT2D eigenvalue weighted by atomic mass is 32.2. The van der Waals surface area contributed by atoms with Gasteiger partial charge in [0, 0.05) is 6.42 Å². The van der Waals surface area contributed by atoms with Gasteiger partial charge in [0.05, 0.1) is 6.04 Å². The molecule has 0 saturated carbocycles. The molecule has 0 aromatic heterocycles. The lowest BCUT2D eigenvalue weighted by Gasteiger charge is -2.25. The van der Waals surface area contributed by atoms with Crippen LogP contribution >= 0.6 is 23.5 Å². The summed E-state index contributed by atoms with van der Waals surface area (Å²) >= 11 is 3.01. The molecule has 0 bridgehead atoms. The van der Waals surface area contributed by atoms with Crippen LogP contribution in [-0.4, -0.2) is 82.1 Å². The average Bonchev–Trinajstić information content (AvgIpc) is 2.84. The molecule has 3 amide bonds. The monoisotopic (exact) mass is 556 g/mol. The number of phenols is 1. The first-order chi connectivity index (χ1) is 17.5. The van der Waals surface area contributed by atoms with Crippen LogP contribution in [-0.2, 0) is 25.6 Å². The first-order valence-corrected chi connectivity index (χ1v) is 14.9. The minimum Gasteiger partial charge on any atom is -0.508 e. The van der Waals surface area contributed by atoms with E-state index in [1.54, 1.807) is 12.1 Å². The fraction of sp³-hybridized carbons (Fsp3) is 0.600. The van der Waals surface area contributed by atoms with Gasteiger partial charge in [-0.1, -0.05) is 26.0 Å². The molecule has 0 aliphatic heterocycles. The summed E-state index contributed by atoms with van der Waals surface area (Å²) in [4.78, 5) is 50.6. The van der Waals surface area contributed by atoms with E-state index < -0.39 is 47.9 Å². The molecule has 12 heteroatoms. The Morgan fingerprint density at radius 2 is 1.30 bits per heavy atom. The standard InChI is InChI=1S/C25H40N4O6S2/c1-15(2)13-18(26)22(31)27-19(9-11-36-3)23(32)28-20(10-12-37-4)24(33)29-21(25(34)35)14-16-5-7-17(30)8-6-16/h5-8,15,18-21,30H,9-14,26H2,1-4H3,(H,27,31)(H,28,32)(H,29,33)(H,34,35). The number of carbonyl (C=O) groups is 4. The van der Waals surface area contributed by atoms with E-state index in [1.807, 2.05) is 26.4 Å². The number of carboxylic acids is 1. The van der Waals surface area contributed by atoms with Gasteiger partial charge in [0.15, 0.2) is 0 Å². The van der Waals surface area contributed by atoms with Gasteiger partial charge in [-0.25, -0.2) is 4.79 Å². The van der Waals surface area contributed by atoms with Crippen molar-refractivity contribution in [2.75, 3.05) is 24.0 Å². The predicted molar refractivity (Wildman–Crippen MR) is 149 cm³/mol. The van der Waals surface area contributed by atoms with Crippen molar-refractivity contribution in [3.05, 3.63) is 29.8 Å². The molecule has 0 spiro atoms. The van der Waals surface area contributed by atoms with E-state index >= 15 is 0 Å². The quantitative estimate of drug-likeness (QED) is 0.166. The summed E-state index contributed by atoms with van der Waals surface area (Å²) in [5.74, 6) is -1.38. The molecule has 4 unspecified atom stereocenters. The second-order valence-electron chi connectivity index (χ2n) is 9.19. The Kier molecular flexibility index (Phi) is 15.1. The topological polar surface area (TPSA) is 171 Å². The minimum absolute atomic E-state index is 0.00466. The van der Waals surface area contributed by atoms with Gasteiger partial charge in [0.1, 0.15) is 23.9 Å². The van der Waals surface area contributed by atoms with Crippen LogP contribution < -0.4 is 21.7 Å². The lowest BCUT2D eigenvalue weighted by molar-refractivity contribution is -0.142. The lowest BCUT2D eigenvalue weighted by atomic mass is 10.0. The third-order valence-electron chi connectivity index (χ3n) is 5.54. The van der Waals surface area contributed by atoms with Crippen LogP contribution in [0.4, 0.5) is 0 Å². The highest BCUT2D eigenvalue weighted by Crippen LogP contribution is 2.12. The van der Waals surface area contributed by atoms with Crippen LogP contribution in [0.5, 0.6) is 5.75 Å². The average molecular weight is 557 g/mol. The summed E-state index contributed by atoms with van der Waals surface area (Å²) in [7, 11) is 0. The zero-order chi connectivity index (χ0) is 28.0. The van der Waals surface area contributed by atoms with Crippen molar-refractivity contribution in [1.82, 2.24) is 16.0 Å². The Balaban J connectivity index is 2.97. The normalized spacial score (nSPS) is 14.3. The number of phenolic OH excluding ortho intramolecular Hbond substituents is 1. The Morgan fingerprint density at radius 1 is 0.838 bits per heavy atom. The Morgan fingerprint density at radius 3 is 1.73 bits per heavy atom. The van der Waals surface area contributed by atoms with Crippen molar-refractivity contribution < 1.29 is 29.4 Å². The zero-order valence-electron chi connectivity index (χ0n) is 21.9. The van der Waals surface area contributed by atoms with Crippen LogP contribution in [0.3, 0.4) is 0 Å². The largest absolute Gasteiger partial charge is 0.508 e. The van der Waals surface area contributed by atoms with E-state index in [1.165, 1.54) is 35.7 Å². The van der Waals surface area contributed by atoms with Crippen molar-refractivity contribution in [1.29, 1.82) is 0 Å². The van der Waals surface area contributed by atoms with Gasteiger partial charge in [-0.05, 0) is 66.9 Å². The van der Waals surface area contributed by atoms with Crippen LogP contribution in [0.1, 0.15) is 38.7 Å². The summed E-state index contributed by atoms with van der Waals surface area (Å²) < 4.78 is 0. The molecule has 7 N–H and O–H groups in total. The fourth-order valence-electron chi connectivity index (χ4n) is 3.52. The zero-order valence-corrected chi connectivity index (χ0v) is 23.5. The van der Waals surface area contributed by atoms with E-state index in [0.717, 1.165) is 0 Å². The number of amides is 3. The first-order valence-electron chi connectivity index (χ1n) is 12.1. The number of rotatable bonds is 17. The minimum atomic E-state index is -1.23. The van der Waals surface area contributed by atoms with E-state index in [0.29, 0.717) is 29.9 Å². The fourth-order valence-corrected chi connectivity index (χ4v) is 4.46. The summed E-state index contributed by atoms with van der Waals surface area (Å²) in [6.45, 7) is 3.90. The van der Waals surface area contributed by atoms with Crippen molar-refractivity contribution in [3.63, 3.8) is 0 Å². The molecular formula is C25H40N4O6S2. The van der Waals surface area contributed by atoms with Crippen molar-refractivity contribution in [2.45, 2.75) is 63.7 Å². The molecular weight excluding hydrogens is 516 g/mol. The number of nitrogens with two attached hydrogens (primary N) is 1. The summed E-state index contributed by atoms with van der Waals surface area (Å²) in [6.07, 6.45) is 4.85. The van der Waals surface area contributed by atoms with Gasteiger partial charge < -0.3 is 31.9 Å². The molecule has 0 heterocycles. The summed E-state index contributed by atoms with van der Waals surface area (Å²) in [5, 5.41) is 27.0. The van der Waals surface area contributed by atoms with Crippen molar-refractivity contribution in [3.8, 4) is 5.75 Å². The highest BCUT2D eigenvalue weighted by molar-refractivity contribution is 7.98. The van der Waals surface area contributed by atoms with E-state index in [-0.39, 0.29) is 24.5 Å². The van der Waals surface area contributed by atoms with E-state index in [4.69, 9.17) is 5.73 Å². The second-order valence-corrected chi connectivity index (χ2v) is 11.2. The number of benzene rings is 1. The van der Waals surface area contributed by atoms with Gasteiger partial charge in [0.25, 0.3) is 0 Å². The number of aliphatic carboxylic acids is 1. The Bertz CT molecular complexity index is 884. The second kappa shape index (κ2) is 17.1. The number of thioether (sulfide) groups is 2. The number of carboxylic acid groups (broad SMARTS) is 1. The lowest BCUT2D eigenvalue weighted by Crippen LogP contribution is -2.57. The molecule has 4 atom stereocenters. The van der Waals surface area contributed by atoms with Crippen LogP contribution in [0.25, 0.3) is 0 Å². The summed E-state index contributed by atoms with van der Waals surface area (Å²) in [6, 6.07) is 2.18. The van der Waals surface area contributed by atoms with Crippen molar-refractivity contribution in [2.24, 2.45) is 11.7 Å². The molecule has 0 radical (unpaired) electrons. The van der Waals surface area contributed by atoms with Crippen LogP contribution in [0.15, 0.2) is 24.3 Å². The Labute approximate surface area is 227 Å². The van der Waals surface area contributed by atoms with Gasteiger partial charge >= 0.3 is 5.97 Å². The highest BCUT2D eigenvalue weighted by Gasteiger charge is 2.30. The van der Waals surface area contributed by atoms with Gasteiger partial charge in [-0.15, -0.1) is 0 Å². The number of hydrogen-bond donors (Lipinski definition) is 6. The number of hydrogen-bond acceptors (Lipinski definition) is 8. The SMILES string of the molecule is CSCCC(NC(=O)C(N)CC(C)C)C(=O)NC(CCSC)C(=O)NC(Cc1ccc(O)cc1)C(=O)O. The molecule has 0 aliphatic rings. The molecule has 0 aliphatic carbocycles. The molecule has 208 valence electrons. The van der Waals surface area contributed by atoms with Gasteiger partial charge in [-0.2, -0.15) is 23.5 Å². The molecule has 0 fully saturated rings. The van der Waals surface area contributed by atoms with Crippen molar-refractivity contribution >= 4 is 47.2 Å². The number of nitrogens with one attached hydrogen (secondary N) is 3. The first kappa shape index (κ1) is 32.6. The number of carbonyl (C=O) groups excluding carboxylic acids is 3. The van der Waals surface area contributed by atoms with Gasteiger partial charge in [0.2, 0.25) is 17.7 Å². The molecule has 0 saturated heterocycles. The number of aromatic hydroxyl groups is 1.